The standard InChI is InChI=1S/C24H46O3/c1-3-5-6-7-8-9-10-11-12-13-14-15-16-17-18-19-20-21-24(26)27-23(4-2)22-25/h11-12,23,25H,3-10,13-22H2,1-2H3/b12-11-. The van der Waals surface area contributed by atoms with Crippen molar-refractivity contribution in [2.75, 3.05) is 6.61 Å². The molecule has 1 atom stereocenters. The molecule has 0 spiro atoms. The van der Waals surface area contributed by atoms with Crippen LogP contribution in [-0.2, 0) is 9.53 Å². The molecule has 1 unspecified atom stereocenters. The van der Waals surface area contributed by atoms with Crippen LogP contribution in [0.1, 0.15) is 123 Å². The summed E-state index contributed by atoms with van der Waals surface area (Å²) in [6.45, 7) is 4.11. The number of allylic oxidation sites excluding steroid dienone is 2. The average molecular weight is 383 g/mol. The van der Waals surface area contributed by atoms with Crippen LogP contribution in [0.5, 0.6) is 0 Å². The van der Waals surface area contributed by atoms with E-state index in [9.17, 15) is 4.79 Å². The lowest BCUT2D eigenvalue weighted by Crippen LogP contribution is -2.20. The molecule has 0 saturated heterocycles. The fraction of sp³-hybridized carbons (Fsp3) is 0.875. The maximum Gasteiger partial charge on any atom is 0.306 e. The summed E-state index contributed by atoms with van der Waals surface area (Å²) in [4.78, 5) is 11.6. The van der Waals surface area contributed by atoms with Crippen LogP contribution in [0.25, 0.3) is 0 Å². The van der Waals surface area contributed by atoms with Gasteiger partial charge in [-0.2, -0.15) is 0 Å². The highest BCUT2D eigenvalue weighted by molar-refractivity contribution is 5.69. The minimum Gasteiger partial charge on any atom is -0.460 e. The van der Waals surface area contributed by atoms with Crippen LogP contribution < -0.4 is 0 Å². The van der Waals surface area contributed by atoms with Gasteiger partial charge in [0, 0.05) is 6.42 Å². The van der Waals surface area contributed by atoms with Gasteiger partial charge in [-0.05, 0) is 38.5 Å². The van der Waals surface area contributed by atoms with Crippen LogP contribution in [-0.4, -0.2) is 23.8 Å². The van der Waals surface area contributed by atoms with E-state index in [4.69, 9.17) is 9.84 Å². The average Bonchev–Trinajstić information content (AvgIpc) is 2.68. The number of unbranched alkanes of at least 4 members (excludes halogenated alkanes) is 13. The van der Waals surface area contributed by atoms with Crippen molar-refractivity contribution in [1.82, 2.24) is 0 Å². The molecule has 0 aromatic heterocycles. The smallest absolute Gasteiger partial charge is 0.306 e. The summed E-state index contributed by atoms with van der Waals surface area (Å²) in [6.07, 6.45) is 24.8. The van der Waals surface area contributed by atoms with Gasteiger partial charge < -0.3 is 9.84 Å². The first-order valence-corrected chi connectivity index (χ1v) is 11.7. The Balaban J connectivity index is 3.24. The zero-order chi connectivity index (χ0) is 20.0. The first-order chi connectivity index (χ1) is 13.2. The van der Waals surface area contributed by atoms with Gasteiger partial charge in [0.15, 0.2) is 0 Å². The summed E-state index contributed by atoms with van der Waals surface area (Å²) in [5.41, 5.74) is 0. The van der Waals surface area contributed by atoms with Crippen molar-refractivity contribution in [1.29, 1.82) is 0 Å². The van der Waals surface area contributed by atoms with Crippen molar-refractivity contribution in [2.45, 2.75) is 129 Å². The summed E-state index contributed by atoms with van der Waals surface area (Å²) in [5.74, 6) is -0.163. The maximum atomic E-state index is 11.6. The fourth-order valence-electron chi connectivity index (χ4n) is 3.19. The van der Waals surface area contributed by atoms with Crippen LogP contribution >= 0.6 is 0 Å². The van der Waals surface area contributed by atoms with E-state index in [2.05, 4.69) is 19.1 Å². The van der Waals surface area contributed by atoms with Gasteiger partial charge in [-0.25, -0.2) is 0 Å². The Morgan fingerprint density at radius 1 is 0.778 bits per heavy atom. The van der Waals surface area contributed by atoms with E-state index in [0.717, 1.165) is 12.8 Å². The molecule has 3 nitrogen and oxygen atoms in total. The Labute approximate surface area is 169 Å². The minimum atomic E-state index is -0.322. The highest BCUT2D eigenvalue weighted by Crippen LogP contribution is 2.12. The van der Waals surface area contributed by atoms with Crippen molar-refractivity contribution < 1.29 is 14.6 Å². The van der Waals surface area contributed by atoms with Gasteiger partial charge in [0.1, 0.15) is 6.10 Å². The lowest BCUT2D eigenvalue weighted by Gasteiger charge is -2.12. The Hall–Kier alpha value is -0.830. The maximum absolute atomic E-state index is 11.6. The number of hydrogen-bond donors (Lipinski definition) is 1. The molecule has 0 heterocycles. The molecule has 27 heavy (non-hydrogen) atoms. The summed E-state index contributed by atoms with van der Waals surface area (Å²) < 4.78 is 5.18. The molecule has 0 aliphatic heterocycles. The van der Waals surface area contributed by atoms with E-state index in [0.29, 0.717) is 12.8 Å². The van der Waals surface area contributed by atoms with Gasteiger partial charge in [-0.1, -0.05) is 90.2 Å². The van der Waals surface area contributed by atoms with Crippen LogP contribution in [0.3, 0.4) is 0 Å². The number of carbonyl (C=O) groups is 1. The Kier molecular flexibility index (Phi) is 20.8. The summed E-state index contributed by atoms with van der Waals surface area (Å²) in [6, 6.07) is 0. The van der Waals surface area contributed by atoms with Gasteiger partial charge in [0.25, 0.3) is 0 Å². The number of rotatable bonds is 20. The molecule has 1 N–H and O–H groups in total. The first kappa shape index (κ1) is 26.2. The van der Waals surface area contributed by atoms with E-state index in [-0.39, 0.29) is 18.7 Å². The Morgan fingerprint density at radius 2 is 1.26 bits per heavy atom. The molecule has 0 amide bonds. The van der Waals surface area contributed by atoms with Gasteiger partial charge in [0.2, 0.25) is 0 Å². The SMILES string of the molecule is CCCCCCCC/C=C\CCCCCCCCCC(=O)OC(CC)CO. The largest absolute Gasteiger partial charge is 0.460 e. The second-order valence-electron chi connectivity index (χ2n) is 7.74. The van der Waals surface area contributed by atoms with Crippen molar-refractivity contribution in [3.8, 4) is 0 Å². The van der Waals surface area contributed by atoms with Crippen LogP contribution in [0.2, 0.25) is 0 Å². The van der Waals surface area contributed by atoms with Crippen LogP contribution in [0, 0.1) is 0 Å². The van der Waals surface area contributed by atoms with Gasteiger partial charge >= 0.3 is 5.97 Å². The molecule has 0 aromatic carbocycles. The molecule has 0 aromatic rings. The van der Waals surface area contributed by atoms with E-state index in [1.54, 1.807) is 0 Å². The van der Waals surface area contributed by atoms with Crippen molar-refractivity contribution in [2.24, 2.45) is 0 Å². The fourth-order valence-corrected chi connectivity index (χ4v) is 3.19. The molecular weight excluding hydrogens is 336 g/mol. The van der Waals surface area contributed by atoms with E-state index >= 15 is 0 Å². The van der Waals surface area contributed by atoms with Crippen molar-refractivity contribution in [3.05, 3.63) is 12.2 Å². The number of ether oxygens (including phenoxy) is 1. The monoisotopic (exact) mass is 382 g/mol. The third-order valence-electron chi connectivity index (χ3n) is 5.10. The quantitative estimate of drug-likeness (QED) is 0.138. The predicted octanol–water partition coefficient (Wildman–Crippen LogP) is 7.12. The lowest BCUT2D eigenvalue weighted by atomic mass is 10.1. The minimum absolute atomic E-state index is 0.0729. The Morgan fingerprint density at radius 3 is 1.74 bits per heavy atom. The first-order valence-electron chi connectivity index (χ1n) is 11.7. The number of carbonyl (C=O) groups excluding carboxylic acids is 1. The van der Waals surface area contributed by atoms with E-state index in [1.165, 1.54) is 83.5 Å². The number of hydrogen-bond acceptors (Lipinski definition) is 3. The second-order valence-corrected chi connectivity index (χ2v) is 7.74. The molecule has 0 aliphatic carbocycles. The summed E-state index contributed by atoms with van der Waals surface area (Å²) >= 11 is 0. The van der Waals surface area contributed by atoms with Crippen molar-refractivity contribution >= 4 is 5.97 Å². The zero-order valence-corrected chi connectivity index (χ0v) is 18.2. The summed E-state index contributed by atoms with van der Waals surface area (Å²) in [7, 11) is 0. The molecule has 3 heteroatoms. The lowest BCUT2D eigenvalue weighted by molar-refractivity contribution is -0.151. The summed E-state index contributed by atoms with van der Waals surface area (Å²) in [5, 5.41) is 9.01. The number of aliphatic hydroxyl groups excluding tert-OH is 1. The highest BCUT2D eigenvalue weighted by atomic mass is 16.5. The van der Waals surface area contributed by atoms with Crippen LogP contribution in [0.15, 0.2) is 12.2 Å². The Bertz CT molecular complexity index is 335. The number of esters is 1. The third kappa shape index (κ3) is 19.7. The van der Waals surface area contributed by atoms with Gasteiger partial charge in [-0.3, -0.25) is 4.79 Å². The second kappa shape index (κ2) is 21.5. The van der Waals surface area contributed by atoms with E-state index < -0.39 is 0 Å². The molecule has 0 aliphatic rings. The van der Waals surface area contributed by atoms with E-state index in [1.807, 2.05) is 6.92 Å². The molecule has 160 valence electrons. The third-order valence-corrected chi connectivity index (χ3v) is 5.10. The van der Waals surface area contributed by atoms with Gasteiger partial charge in [-0.15, -0.1) is 0 Å². The molecular formula is C24H46O3. The molecule has 0 bridgehead atoms. The van der Waals surface area contributed by atoms with Crippen molar-refractivity contribution in [3.63, 3.8) is 0 Å². The van der Waals surface area contributed by atoms with Crippen LogP contribution in [0.4, 0.5) is 0 Å². The molecule has 0 radical (unpaired) electrons. The normalized spacial score (nSPS) is 12.6. The van der Waals surface area contributed by atoms with Gasteiger partial charge in [0.05, 0.1) is 6.61 Å². The predicted molar refractivity (Wildman–Crippen MR) is 116 cm³/mol. The molecule has 0 fully saturated rings. The topological polar surface area (TPSA) is 46.5 Å². The highest BCUT2D eigenvalue weighted by Gasteiger charge is 2.10. The molecule has 0 saturated carbocycles. The zero-order valence-electron chi connectivity index (χ0n) is 18.2. The number of aliphatic hydroxyl groups is 1. The molecule has 0 rings (SSSR count).